The summed E-state index contributed by atoms with van der Waals surface area (Å²) in [6, 6.07) is 20.3. The van der Waals surface area contributed by atoms with Crippen molar-refractivity contribution < 1.29 is 4.74 Å². The van der Waals surface area contributed by atoms with Gasteiger partial charge in [-0.05, 0) is 31.5 Å². The molecule has 19 heavy (non-hydrogen) atoms. The molecule has 1 aliphatic heterocycles. The van der Waals surface area contributed by atoms with E-state index < -0.39 is 0 Å². The van der Waals surface area contributed by atoms with Crippen molar-refractivity contribution in [2.45, 2.75) is 25.5 Å². The molecule has 1 atom stereocenters. The fourth-order valence-electron chi connectivity index (χ4n) is 2.42. The summed E-state index contributed by atoms with van der Waals surface area (Å²) in [6.45, 7) is 4.22. The molecule has 96 valence electrons. The van der Waals surface area contributed by atoms with E-state index >= 15 is 0 Å². The van der Waals surface area contributed by atoms with E-state index in [-0.39, 0.29) is 11.6 Å². The topological polar surface area (TPSA) is 21.6 Å². The molecule has 0 radical (unpaired) electrons. The number of hydrogen-bond donors (Lipinski definition) is 0. The number of hydrogen-bond acceptors (Lipinski definition) is 2. The average Bonchev–Trinajstić information content (AvgIpc) is 2.77. The molecule has 0 spiro atoms. The minimum absolute atomic E-state index is 0.0242. The predicted molar refractivity (Wildman–Crippen MR) is 77.3 cm³/mol. The maximum Gasteiger partial charge on any atom is 0.217 e. The summed E-state index contributed by atoms with van der Waals surface area (Å²) >= 11 is 0. The molecular formula is C17H17NO. The van der Waals surface area contributed by atoms with Crippen molar-refractivity contribution in [2.24, 2.45) is 4.99 Å². The van der Waals surface area contributed by atoms with E-state index in [9.17, 15) is 0 Å². The van der Waals surface area contributed by atoms with Crippen LogP contribution in [0.4, 0.5) is 0 Å². The number of aliphatic imine (C=N–C) groups is 1. The highest BCUT2D eigenvalue weighted by molar-refractivity contribution is 5.95. The van der Waals surface area contributed by atoms with E-state index in [0.29, 0.717) is 0 Å². The summed E-state index contributed by atoms with van der Waals surface area (Å²) < 4.78 is 6.10. The van der Waals surface area contributed by atoms with E-state index in [1.807, 2.05) is 48.5 Å². The van der Waals surface area contributed by atoms with Gasteiger partial charge in [-0.1, -0.05) is 48.5 Å². The van der Waals surface area contributed by atoms with Gasteiger partial charge in [0.1, 0.15) is 5.54 Å². The van der Waals surface area contributed by atoms with Crippen molar-refractivity contribution in [3.63, 3.8) is 0 Å². The second-order valence-corrected chi connectivity index (χ2v) is 5.35. The molecule has 0 bridgehead atoms. The van der Waals surface area contributed by atoms with Gasteiger partial charge in [-0.25, -0.2) is 4.99 Å². The fourth-order valence-corrected chi connectivity index (χ4v) is 2.42. The maximum atomic E-state index is 6.10. The molecule has 0 aliphatic carbocycles. The predicted octanol–water partition coefficient (Wildman–Crippen LogP) is 3.98. The van der Waals surface area contributed by atoms with Crippen molar-refractivity contribution in [3.8, 4) is 0 Å². The van der Waals surface area contributed by atoms with Crippen LogP contribution in [0.15, 0.2) is 65.7 Å². The first-order valence-corrected chi connectivity index (χ1v) is 6.54. The Morgan fingerprint density at radius 1 is 0.895 bits per heavy atom. The number of ether oxygens (including phenoxy) is 1. The van der Waals surface area contributed by atoms with Gasteiger partial charge in [-0.15, -0.1) is 0 Å². The Morgan fingerprint density at radius 3 is 2.11 bits per heavy atom. The summed E-state index contributed by atoms with van der Waals surface area (Å²) in [5.74, 6) is 0.736. The zero-order valence-electron chi connectivity index (χ0n) is 11.2. The Bertz CT molecular complexity index is 587. The molecular weight excluding hydrogens is 234 g/mol. The highest BCUT2D eigenvalue weighted by atomic mass is 16.5. The minimum Gasteiger partial charge on any atom is -0.467 e. The van der Waals surface area contributed by atoms with Crippen LogP contribution >= 0.6 is 0 Å². The van der Waals surface area contributed by atoms with Gasteiger partial charge < -0.3 is 4.74 Å². The largest absolute Gasteiger partial charge is 0.467 e. The van der Waals surface area contributed by atoms with E-state index in [1.165, 1.54) is 5.56 Å². The van der Waals surface area contributed by atoms with Crippen LogP contribution in [0.5, 0.6) is 0 Å². The third-order valence-electron chi connectivity index (χ3n) is 3.38. The lowest BCUT2D eigenvalue weighted by molar-refractivity contribution is 0.158. The van der Waals surface area contributed by atoms with E-state index in [4.69, 9.17) is 9.73 Å². The van der Waals surface area contributed by atoms with E-state index in [0.717, 1.165) is 11.5 Å². The third-order valence-corrected chi connectivity index (χ3v) is 3.38. The summed E-state index contributed by atoms with van der Waals surface area (Å²) in [5, 5.41) is 0. The minimum atomic E-state index is -0.244. The summed E-state index contributed by atoms with van der Waals surface area (Å²) in [6.07, 6.45) is -0.0242. The van der Waals surface area contributed by atoms with Crippen LogP contribution in [0.1, 0.15) is 31.1 Å². The Kier molecular flexibility index (Phi) is 2.86. The van der Waals surface area contributed by atoms with Gasteiger partial charge in [0.15, 0.2) is 6.10 Å². The molecule has 1 aliphatic rings. The first-order valence-electron chi connectivity index (χ1n) is 6.54. The highest BCUT2D eigenvalue weighted by Crippen LogP contribution is 2.38. The average molecular weight is 251 g/mol. The molecule has 0 saturated carbocycles. The van der Waals surface area contributed by atoms with Crippen LogP contribution in [0, 0.1) is 0 Å². The molecule has 0 saturated heterocycles. The first kappa shape index (κ1) is 12.0. The Morgan fingerprint density at radius 2 is 1.47 bits per heavy atom. The number of nitrogens with zero attached hydrogens (tertiary/aromatic N) is 1. The summed E-state index contributed by atoms with van der Waals surface area (Å²) in [7, 11) is 0. The second kappa shape index (κ2) is 4.54. The quantitative estimate of drug-likeness (QED) is 0.791. The van der Waals surface area contributed by atoms with Gasteiger partial charge in [0, 0.05) is 5.56 Å². The molecule has 2 aromatic carbocycles. The van der Waals surface area contributed by atoms with Crippen molar-refractivity contribution in [3.05, 3.63) is 71.8 Å². The maximum absolute atomic E-state index is 6.10. The van der Waals surface area contributed by atoms with Gasteiger partial charge in [0.2, 0.25) is 5.90 Å². The summed E-state index contributed by atoms with van der Waals surface area (Å²) in [4.78, 5) is 4.74. The third kappa shape index (κ3) is 2.26. The van der Waals surface area contributed by atoms with Crippen LogP contribution in [0.25, 0.3) is 0 Å². The monoisotopic (exact) mass is 251 g/mol. The Hall–Kier alpha value is -2.09. The molecule has 2 aromatic rings. The van der Waals surface area contributed by atoms with Gasteiger partial charge >= 0.3 is 0 Å². The van der Waals surface area contributed by atoms with Gasteiger partial charge in [-0.3, -0.25) is 0 Å². The van der Waals surface area contributed by atoms with Gasteiger partial charge in [-0.2, -0.15) is 0 Å². The lowest BCUT2D eigenvalue weighted by Crippen LogP contribution is -2.23. The van der Waals surface area contributed by atoms with Crippen LogP contribution in [-0.2, 0) is 4.74 Å². The van der Waals surface area contributed by atoms with Crippen LogP contribution in [0.2, 0.25) is 0 Å². The van der Waals surface area contributed by atoms with Crippen molar-refractivity contribution in [1.82, 2.24) is 0 Å². The number of benzene rings is 2. The van der Waals surface area contributed by atoms with Crippen LogP contribution < -0.4 is 0 Å². The van der Waals surface area contributed by atoms with Gasteiger partial charge in [0.25, 0.3) is 0 Å². The Labute approximate surface area is 113 Å². The molecule has 0 aromatic heterocycles. The van der Waals surface area contributed by atoms with Gasteiger partial charge in [0.05, 0.1) is 0 Å². The molecule has 1 heterocycles. The first-order chi connectivity index (χ1) is 9.17. The zero-order valence-corrected chi connectivity index (χ0v) is 11.2. The molecule has 0 fully saturated rings. The second-order valence-electron chi connectivity index (χ2n) is 5.35. The normalized spacial score (nSPS) is 20.7. The molecule has 1 unspecified atom stereocenters. The lowest BCUT2D eigenvalue weighted by Gasteiger charge is -2.23. The van der Waals surface area contributed by atoms with E-state index in [2.05, 4.69) is 26.0 Å². The highest BCUT2D eigenvalue weighted by Gasteiger charge is 2.39. The SMILES string of the molecule is CC1(C)N=C(c2ccccc2)OC1c1ccccc1. The van der Waals surface area contributed by atoms with E-state index in [1.54, 1.807) is 0 Å². The molecule has 0 amide bonds. The van der Waals surface area contributed by atoms with Crippen molar-refractivity contribution in [2.75, 3.05) is 0 Å². The molecule has 0 N–H and O–H groups in total. The van der Waals surface area contributed by atoms with Crippen LogP contribution in [0.3, 0.4) is 0 Å². The summed E-state index contributed by atoms with van der Waals surface area (Å²) in [5.41, 5.74) is 1.96. The van der Waals surface area contributed by atoms with Crippen molar-refractivity contribution >= 4 is 5.90 Å². The standard InChI is InChI=1S/C17H17NO/c1-17(2)15(13-9-5-3-6-10-13)19-16(18-17)14-11-7-4-8-12-14/h3-12,15H,1-2H3. The number of rotatable bonds is 2. The Balaban J connectivity index is 1.93. The zero-order chi connectivity index (χ0) is 13.3. The smallest absolute Gasteiger partial charge is 0.217 e. The molecule has 2 heteroatoms. The molecule has 3 rings (SSSR count). The van der Waals surface area contributed by atoms with Crippen molar-refractivity contribution in [1.29, 1.82) is 0 Å². The lowest BCUT2D eigenvalue weighted by atomic mass is 9.93. The van der Waals surface area contributed by atoms with Crippen LogP contribution in [-0.4, -0.2) is 11.4 Å². The molecule has 2 nitrogen and oxygen atoms in total. The fraction of sp³-hybridized carbons (Fsp3) is 0.235.